The van der Waals surface area contributed by atoms with E-state index in [1.807, 2.05) is 0 Å². The van der Waals surface area contributed by atoms with E-state index < -0.39 is 0 Å². The van der Waals surface area contributed by atoms with E-state index in [-0.39, 0.29) is 18.4 Å². The molecule has 90 valence electrons. The Morgan fingerprint density at radius 1 is 1.18 bits per heavy atom. The summed E-state index contributed by atoms with van der Waals surface area (Å²) in [5.74, 6) is -0.233. The third-order valence-corrected chi connectivity index (χ3v) is 2.94. The molecule has 0 spiro atoms. The molecule has 0 saturated carbocycles. The summed E-state index contributed by atoms with van der Waals surface area (Å²) in [7, 11) is 0. The maximum absolute atomic E-state index is 11.8. The van der Waals surface area contributed by atoms with E-state index in [2.05, 4.69) is 4.98 Å². The van der Waals surface area contributed by atoms with Gasteiger partial charge in [0.25, 0.3) is 0 Å². The van der Waals surface area contributed by atoms with Crippen molar-refractivity contribution in [3.8, 4) is 0 Å². The third-order valence-electron chi connectivity index (χ3n) is 2.73. The van der Waals surface area contributed by atoms with Crippen LogP contribution in [0.25, 0.3) is 0 Å². The summed E-state index contributed by atoms with van der Waals surface area (Å²) < 4.78 is 0. The molecule has 1 saturated heterocycles. The van der Waals surface area contributed by atoms with Gasteiger partial charge in [-0.3, -0.25) is 14.5 Å². The van der Waals surface area contributed by atoms with Crippen molar-refractivity contribution in [2.24, 2.45) is 0 Å². The van der Waals surface area contributed by atoms with Crippen LogP contribution in [0.1, 0.15) is 31.4 Å². The number of nitrogens with zero attached hydrogens (tertiary/aromatic N) is 2. The first-order valence-corrected chi connectivity index (χ1v) is 5.99. The maximum Gasteiger partial charge on any atom is 0.229 e. The fraction of sp³-hybridized carbons (Fsp3) is 0.417. The zero-order valence-electron chi connectivity index (χ0n) is 9.36. The summed E-state index contributed by atoms with van der Waals surface area (Å²) in [6, 6.07) is 5.19. The van der Waals surface area contributed by atoms with Gasteiger partial charge in [0.1, 0.15) is 5.15 Å². The van der Waals surface area contributed by atoms with Crippen LogP contribution in [0.2, 0.25) is 5.15 Å². The van der Waals surface area contributed by atoms with E-state index in [1.54, 1.807) is 18.2 Å². The van der Waals surface area contributed by atoms with E-state index in [0.29, 0.717) is 23.7 Å². The molecule has 2 rings (SSSR count). The number of halogens is 1. The first-order chi connectivity index (χ1) is 8.16. The predicted molar refractivity (Wildman–Crippen MR) is 63.3 cm³/mol. The minimum Gasteiger partial charge on any atom is -0.277 e. The van der Waals surface area contributed by atoms with E-state index in [0.717, 1.165) is 12.8 Å². The van der Waals surface area contributed by atoms with Crippen LogP contribution >= 0.6 is 11.6 Å². The second-order valence-electron chi connectivity index (χ2n) is 4.03. The minimum absolute atomic E-state index is 0.116. The SMILES string of the molecule is O=C1CCCCC(=O)N1Cc1cccc(Cl)n1. The molecule has 0 aromatic carbocycles. The Labute approximate surface area is 105 Å². The molecular weight excluding hydrogens is 240 g/mol. The minimum atomic E-state index is -0.116. The average molecular weight is 253 g/mol. The lowest BCUT2D eigenvalue weighted by Crippen LogP contribution is -2.34. The first-order valence-electron chi connectivity index (χ1n) is 5.61. The van der Waals surface area contributed by atoms with Crippen LogP contribution in [-0.2, 0) is 16.1 Å². The molecule has 4 nitrogen and oxygen atoms in total. The van der Waals surface area contributed by atoms with Crippen LogP contribution in [0.3, 0.4) is 0 Å². The number of likely N-dealkylation sites (tertiary alicyclic amines) is 1. The second kappa shape index (κ2) is 5.27. The topological polar surface area (TPSA) is 50.3 Å². The van der Waals surface area contributed by atoms with Crippen LogP contribution in [0, 0.1) is 0 Å². The van der Waals surface area contributed by atoms with Crippen molar-refractivity contribution in [2.45, 2.75) is 32.2 Å². The highest BCUT2D eigenvalue weighted by Gasteiger charge is 2.24. The Morgan fingerprint density at radius 2 is 1.82 bits per heavy atom. The molecule has 2 heterocycles. The van der Waals surface area contributed by atoms with Crippen LogP contribution in [0.15, 0.2) is 18.2 Å². The number of hydrogen-bond donors (Lipinski definition) is 0. The Morgan fingerprint density at radius 3 is 2.41 bits per heavy atom. The first kappa shape index (κ1) is 12.0. The normalized spacial score (nSPS) is 17.1. The summed E-state index contributed by atoms with van der Waals surface area (Å²) in [6.45, 7) is 0.220. The molecule has 1 aliphatic heterocycles. The molecule has 17 heavy (non-hydrogen) atoms. The van der Waals surface area contributed by atoms with Crippen molar-refractivity contribution >= 4 is 23.4 Å². The van der Waals surface area contributed by atoms with Crippen molar-refractivity contribution in [3.05, 3.63) is 29.0 Å². The number of amides is 2. The standard InChI is InChI=1S/C12H13ClN2O2/c13-10-5-3-4-9(14-10)8-15-11(16)6-1-2-7-12(15)17/h3-5H,1-2,6-8H2. The quantitative estimate of drug-likeness (QED) is 0.599. The summed E-state index contributed by atoms with van der Waals surface area (Å²) >= 11 is 5.77. The monoisotopic (exact) mass is 252 g/mol. The van der Waals surface area contributed by atoms with Gasteiger partial charge >= 0.3 is 0 Å². The lowest BCUT2D eigenvalue weighted by atomic mass is 10.2. The number of carbonyl (C=O) groups is 2. The smallest absolute Gasteiger partial charge is 0.229 e. The number of rotatable bonds is 2. The molecule has 0 atom stereocenters. The second-order valence-corrected chi connectivity index (χ2v) is 4.42. The van der Waals surface area contributed by atoms with Gasteiger partial charge in [-0.2, -0.15) is 0 Å². The van der Waals surface area contributed by atoms with Crippen LogP contribution in [0.5, 0.6) is 0 Å². The molecule has 0 bridgehead atoms. The van der Waals surface area contributed by atoms with E-state index in [9.17, 15) is 9.59 Å². The largest absolute Gasteiger partial charge is 0.277 e. The third kappa shape index (κ3) is 3.03. The Bertz CT molecular complexity index is 430. The summed E-state index contributed by atoms with van der Waals surface area (Å²) in [6.07, 6.45) is 2.44. The fourth-order valence-electron chi connectivity index (χ4n) is 1.84. The Balaban J connectivity index is 2.15. The highest BCUT2D eigenvalue weighted by molar-refractivity contribution is 6.29. The fourth-order valence-corrected chi connectivity index (χ4v) is 2.02. The van der Waals surface area contributed by atoms with Gasteiger partial charge in [-0.05, 0) is 25.0 Å². The lowest BCUT2D eigenvalue weighted by molar-refractivity contribution is -0.144. The number of aromatic nitrogens is 1. The molecular formula is C12H13ClN2O2. The molecule has 0 aliphatic carbocycles. The highest BCUT2D eigenvalue weighted by Crippen LogP contribution is 2.15. The van der Waals surface area contributed by atoms with Gasteiger partial charge in [0.2, 0.25) is 11.8 Å². The van der Waals surface area contributed by atoms with Crippen LogP contribution < -0.4 is 0 Å². The molecule has 2 amide bonds. The van der Waals surface area contributed by atoms with E-state index in [1.165, 1.54) is 4.90 Å². The zero-order valence-corrected chi connectivity index (χ0v) is 10.1. The molecule has 1 aromatic heterocycles. The average Bonchev–Trinajstić information content (AvgIpc) is 2.44. The van der Waals surface area contributed by atoms with Gasteiger partial charge in [-0.25, -0.2) is 4.98 Å². The maximum atomic E-state index is 11.8. The van der Waals surface area contributed by atoms with Crippen molar-refractivity contribution < 1.29 is 9.59 Å². The molecule has 1 fully saturated rings. The zero-order chi connectivity index (χ0) is 12.3. The van der Waals surface area contributed by atoms with Crippen LogP contribution in [-0.4, -0.2) is 21.7 Å². The molecule has 0 unspecified atom stereocenters. The number of imide groups is 1. The molecule has 1 aromatic rings. The van der Waals surface area contributed by atoms with E-state index in [4.69, 9.17) is 11.6 Å². The number of hydrogen-bond acceptors (Lipinski definition) is 3. The van der Waals surface area contributed by atoms with Gasteiger partial charge < -0.3 is 0 Å². The molecule has 0 radical (unpaired) electrons. The van der Waals surface area contributed by atoms with Gasteiger partial charge in [0.05, 0.1) is 12.2 Å². The van der Waals surface area contributed by atoms with E-state index >= 15 is 0 Å². The summed E-state index contributed by atoms with van der Waals surface area (Å²) in [4.78, 5) is 28.9. The predicted octanol–water partition coefficient (Wildman–Crippen LogP) is 2.16. The highest BCUT2D eigenvalue weighted by atomic mass is 35.5. The van der Waals surface area contributed by atoms with Crippen molar-refractivity contribution in [1.82, 2.24) is 9.88 Å². The number of pyridine rings is 1. The lowest BCUT2D eigenvalue weighted by Gasteiger charge is -2.18. The summed E-state index contributed by atoms with van der Waals surface area (Å²) in [5, 5.41) is 0.372. The van der Waals surface area contributed by atoms with Crippen molar-refractivity contribution in [2.75, 3.05) is 0 Å². The van der Waals surface area contributed by atoms with Gasteiger partial charge in [0, 0.05) is 12.8 Å². The van der Waals surface area contributed by atoms with Crippen molar-refractivity contribution in [3.63, 3.8) is 0 Å². The summed E-state index contributed by atoms with van der Waals surface area (Å²) in [5.41, 5.74) is 0.640. The van der Waals surface area contributed by atoms with Gasteiger partial charge in [0.15, 0.2) is 0 Å². The molecule has 5 heteroatoms. The Hall–Kier alpha value is -1.42. The molecule has 0 N–H and O–H groups in total. The van der Waals surface area contributed by atoms with Crippen LogP contribution in [0.4, 0.5) is 0 Å². The van der Waals surface area contributed by atoms with Gasteiger partial charge in [-0.1, -0.05) is 17.7 Å². The Kier molecular flexibility index (Phi) is 3.74. The molecule has 1 aliphatic rings. The number of carbonyl (C=O) groups excluding carboxylic acids is 2. The van der Waals surface area contributed by atoms with Gasteiger partial charge in [-0.15, -0.1) is 0 Å². The van der Waals surface area contributed by atoms with Crippen molar-refractivity contribution in [1.29, 1.82) is 0 Å².